The van der Waals surface area contributed by atoms with Crippen LogP contribution >= 0.6 is 0 Å². The predicted octanol–water partition coefficient (Wildman–Crippen LogP) is 4.58. The third-order valence-corrected chi connectivity index (χ3v) is 6.05. The van der Waals surface area contributed by atoms with Crippen molar-refractivity contribution < 1.29 is 9.53 Å². The van der Waals surface area contributed by atoms with Gasteiger partial charge in [0.2, 0.25) is 0 Å². The Hall–Kier alpha value is -3.08. The zero-order valence-corrected chi connectivity index (χ0v) is 18.3. The average molecular weight is 404 g/mol. The summed E-state index contributed by atoms with van der Waals surface area (Å²) in [6.45, 7) is 3.55. The van der Waals surface area contributed by atoms with Gasteiger partial charge in [0, 0.05) is 43.0 Å². The number of anilines is 1. The first kappa shape index (κ1) is 20.2. The largest absolute Gasteiger partial charge is 0.497 e. The molecule has 5 nitrogen and oxygen atoms in total. The molecule has 0 spiro atoms. The monoisotopic (exact) mass is 403 g/mol. The van der Waals surface area contributed by atoms with Crippen LogP contribution in [0.3, 0.4) is 0 Å². The second kappa shape index (κ2) is 7.98. The number of allylic oxidation sites excluding steroid dienone is 2. The number of carbonyl (C=O) groups is 1. The molecule has 1 heterocycles. The molecule has 0 amide bonds. The molecule has 5 heteroatoms. The van der Waals surface area contributed by atoms with Crippen molar-refractivity contribution in [2.24, 2.45) is 11.0 Å². The summed E-state index contributed by atoms with van der Waals surface area (Å²) in [6.07, 6.45) is 3.72. The van der Waals surface area contributed by atoms with Crippen LogP contribution in [0.4, 0.5) is 5.69 Å². The van der Waals surface area contributed by atoms with Crippen molar-refractivity contribution in [1.29, 1.82) is 0 Å². The molecule has 0 saturated heterocycles. The Balaban J connectivity index is 1.80. The first-order valence-corrected chi connectivity index (χ1v) is 10.4. The molecule has 1 aliphatic carbocycles. The summed E-state index contributed by atoms with van der Waals surface area (Å²) in [6, 6.07) is 15.0. The lowest BCUT2D eigenvalue weighted by atomic mass is 9.77. The Labute approximate surface area is 178 Å². The van der Waals surface area contributed by atoms with Gasteiger partial charge in [-0.05, 0) is 62.1 Å². The molecule has 0 aromatic heterocycles. The number of hydrogen-bond donors (Lipinski definition) is 0. The molecule has 0 unspecified atom stereocenters. The minimum absolute atomic E-state index is 0.0337. The minimum Gasteiger partial charge on any atom is -0.497 e. The lowest BCUT2D eigenvalue weighted by Gasteiger charge is -2.31. The fourth-order valence-corrected chi connectivity index (χ4v) is 4.57. The van der Waals surface area contributed by atoms with Crippen LogP contribution in [0.2, 0.25) is 0 Å². The number of rotatable bonds is 5. The van der Waals surface area contributed by atoms with E-state index in [2.05, 4.69) is 41.3 Å². The third-order valence-electron chi connectivity index (χ3n) is 6.05. The summed E-state index contributed by atoms with van der Waals surface area (Å²) < 4.78 is 5.47. The van der Waals surface area contributed by atoms with Crippen LogP contribution in [0.25, 0.3) is 0 Å². The average Bonchev–Trinajstić information content (AvgIpc) is 3.13. The second-order valence-electron chi connectivity index (χ2n) is 8.33. The fourth-order valence-electron chi connectivity index (χ4n) is 4.57. The molecule has 1 aliphatic heterocycles. The first-order valence-electron chi connectivity index (χ1n) is 10.4. The number of methoxy groups -OCH3 is 1. The van der Waals surface area contributed by atoms with Crippen molar-refractivity contribution in [3.05, 3.63) is 70.9 Å². The van der Waals surface area contributed by atoms with Crippen molar-refractivity contribution in [3.8, 4) is 5.75 Å². The van der Waals surface area contributed by atoms with E-state index in [0.717, 1.165) is 30.0 Å². The maximum absolute atomic E-state index is 11.8. The fraction of sp³-hybridized carbons (Fsp3) is 0.360. The molecular formula is C25H29N3O2. The van der Waals surface area contributed by atoms with Gasteiger partial charge in [-0.1, -0.05) is 18.2 Å². The quantitative estimate of drug-likeness (QED) is 0.686. The zero-order valence-electron chi connectivity index (χ0n) is 18.3. The standard InChI is InChI=1S/C25H29N3O2/c1-16(14-17(2)29)28-25(19-6-10-20(11-7-19)27(3)4)22-13-9-18-8-12-21(30-5)15-23(18)24(22)26-28/h6-8,10-12,14-15,22,25H,9,13H2,1-5H3/b16-14+/t22-,25-/m1/s1. The number of hydrazone groups is 1. The van der Waals surface area contributed by atoms with Gasteiger partial charge >= 0.3 is 0 Å². The van der Waals surface area contributed by atoms with Crippen LogP contribution in [0.1, 0.15) is 43.0 Å². The summed E-state index contributed by atoms with van der Waals surface area (Å²) in [7, 11) is 5.78. The number of hydrogen-bond acceptors (Lipinski definition) is 5. The van der Waals surface area contributed by atoms with E-state index in [4.69, 9.17) is 9.84 Å². The number of carbonyl (C=O) groups excluding carboxylic acids is 1. The summed E-state index contributed by atoms with van der Waals surface area (Å²) in [5, 5.41) is 7.10. The number of ketones is 1. The Morgan fingerprint density at radius 3 is 2.53 bits per heavy atom. The van der Waals surface area contributed by atoms with Gasteiger partial charge in [-0.3, -0.25) is 9.80 Å². The molecule has 2 aromatic rings. The molecule has 2 aromatic carbocycles. The first-order chi connectivity index (χ1) is 14.4. The van der Waals surface area contributed by atoms with Gasteiger partial charge in [0.05, 0.1) is 18.9 Å². The number of fused-ring (bicyclic) bond motifs is 3. The maximum atomic E-state index is 11.8. The Morgan fingerprint density at radius 2 is 1.90 bits per heavy atom. The van der Waals surface area contributed by atoms with Gasteiger partial charge in [0.25, 0.3) is 0 Å². The summed E-state index contributed by atoms with van der Waals surface area (Å²) in [5.41, 5.74) is 6.82. The van der Waals surface area contributed by atoms with Gasteiger partial charge in [-0.2, -0.15) is 5.10 Å². The molecule has 0 saturated carbocycles. The third kappa shape index (κ3) is 3.60. The van der Waals surface area contributed by atoms with E-state index in [0.29, 0.717) is 0 Å². The lowest BCUT2D eigenvalue weighted by molar-refractivity contribution is -0.112. The summed E-state index contributed by atoms with van der Waals surface area (Å²) in [4.78, 5) is 13.9. The van der Waals surface area contributed by atoms with Gasteiger partial charge in [-0.25, -0.2) is 0 Å². The van der Waals surface area contributed by atoms with Gasteiger partial charge < -0.3 is 9.64 Å². The van der Waals surface area contributed by atoms with Crippen LogP contribution in [0.5, 0.6) is 5.75 Å². The Morgan fingerprint density at radius 1 is 1.17 bits per heavy atom. The van der Waals surface area contributed by atoms with Crippen LogP contribution in [-0.2, 0) is 11.2 Å². The molecule has 4 rings (SSSR count). The minimum atomic E-state index is 0.0337. The van der Waals surface area contributed by atoms with Gasteiger partial charge in [0.1, 0.15) is 5.75 Å². The number of benzene rings is 2. The molecule has 0 radical (unpaired) electrons. The summed E-state index contributed by atoms with van der Waals surface area (Å²) in [5.74, 6) is 1.15. The van der Waals surface area contributed by atoms with Crippen LogP contribution in [-0.4, -0.2) is 37.7 Å². The maximum Gasteiger partial charge on any atom is 0.154 e. The van der Waals surface area contributed by atoms with E-state index >= 15 is 0 Å². The highest BCUT2D eigenvalue weighted by Gasteiger charge is 2.42. The predicted molar refractivity (Wildman–Crippen MR) is 121 cm³/mol. The molecular weight excluding hydrogens is 374 g/mol. The van der Waals surface area contributed by atoms with E-state index in [1.54, 1.807) is 20.1 Å². The molecule has 30 heavy (non-hydrogen) atoms. The highest BCUT2D eigenvalue weighted by atomic mass is 16.5. The summed E-state index contributed by atoms with van der Waals surface area (Å²) >= 11 is 0. The molecule has 0 bridgehead atoms. The number of aryl methyl sites for hydroxylation is 1. The van der Waals surface area contributed by atoms with Crippen molar-refractivity contribution in [1.82, 2.24) is 5.01 Å². The van der Waals surface area contributed by atoms with E-state index in [-0.39, 0.29) is 17.7 Å². The lowest BCUT2D eigenvalue weighted by Crippen LogP contribution is -2.28. The molecule has 2 atom stereocenters. The Kier molecular flexibility index (Phi) is 5.37. The van der Waals surface area contributed by atoms with Crippen LogP contribution in [0.15, 0.2) is 59.3 Å². The highest BCUT2D eigenvalue weighted by Crippen LogP contribution is 2.45. The van der Waals surface area contributed by atoms with Gasteiger partial charge in [-0.15, -0.1) is 0 Å². The van der Waals surface area contributed by atoms with Crippen LogP contribution in [0, 0.1) is 5.92 Å². The SMILES string of the molecule is COc1ccc2c(c1)C1=NN(/C(C)=C/C(C)=O)[C@H](c3ccc(N(C)C)cc3)[C@@H]1CC2. The van der Waals surface area contributed by atoms with E-state index in [1.807, 2.05) is 32.1 Å². The molecule has 0 N–H and O–H groups in total. The zero-order chi connectivity index (χ0) is 21.4. The second-order valence-corrected chi connectivity index (χ2v) is 8.33. The van der Waals surface area contributed by atoms with Crippen molar-refractivity contribution in [2.75, 3.05) is 26.1 Å². The smallest absolute Gasteiger partial charge is 0.154 e. The van der Waals surface area contributed by atoms with E-state index < -0.39 is 0 Å². The van der Waals surface area contributed by atoms with Crippen molar-refractivity contribution >= 4 is 17.2 Å². The molecule has 2 aliphatic rings. The van der Waals surface area contributed by atoms with Gasteiger partial charge in [0.15, 0.2) is 5.78 Å². The molecule has 0 fully saturated rings. The number of nitrogens with zero attached hydrogens (tertiary/aromatic N) is 3. The normalized spacial score (nSPS) is 20.4. The highest BCUT2D eigenvalue weighted by molar-refractivity contribution is 6.06. The van der Waals surface area contributed by atoms with Crippen molar-refractivity contribution in [2.45, 2.75) is 32.7 Å². The molecule has 156 valence electrons. The topological polar surface area (TPSA) is 45.1 Å². The van der Waals surface area contributed by atoms with E-state index in [1.165, 1.54) is 22.4 Å². The number of ether oxygens (including phenoxy) is 1. The van der Waals surface area contributed by atoms with E-state index in [9.17, 15) is 4.79 Å². The Bertz CT molecular complexity index is 1020. The van der Waals surface area contributed by atoms with Crippen molar-refractivity contribution in [3.63, 3.8) is 0 Å². The van der Waals surface area contributed by atoms with Crippen LogP contribution < -0.4 is 9.64 Å².